The van der Waals surface area contributed by atoms with Gasteiger partial charge in [-0.2, -0.15) is 0 Å². The van der Waals surface area contributed by atoms with Crippen LogP contribution in [0.25, 0.3) is 0 Å². The normalized spacial score (nSPS) is 11.5. The molecule has 0 unspecified atom stereocenters. The molecule has 0 aromatic heterocycles. The number of carbonyl (C=O) groups is 1. The van der Waals surface area contributed by atoms with E-state index in [4.69, 9.17) is 4.74 Å². The lowest BCUT2D eigenvalue weighted by Gasteiger charge is -2.14. The summed E-state index contributed by atoms with van der Waals surface area (Å²) < 4.78 is 5.63. The Kier molecular flexibility index (Phi) is 8.86. The number of amides is 1. The maximum atomic E-state index is 11.7. The monoisotopic (exact) mass is 334 g/mol. The highest BCUT2D eigenvalue weighted by atomic mass is 16.5. The van der Waals surface area contributed by atoms with Crippen LogP contribution in [-0.4, -0.2) is 50.1 Å². The Hall–Kier alpha value is -2.08. The van der Waals surface area contributed by atoms with Crippen molar-refractivity contribution >= 4 is 11.9 Å². The molecule has 1 aromatic rings. The number of nitrogens with zero attached hydrogens (tertiary/aromatic N) is 2. The molecule has 134 valence electrons. The zero-order valence-corrected chi connectivity index (χ0v) is 15.4. The second-order valence-electron chi connectivity index (χ2n) is 6.02. The van der Waals surface area contributed by atoms with Gasteiger partial charge < -0.3 is 20.3 Å². The predicted molar refractivity (Wildman–Crippen MR) is 97.9 cm³/mol. The zero-order valence-electron chi connectivity index (χ0n) is 15.4. The van der Waals surface area contributed by atoms with Crippen LogP contribution in [0.3, 0.4) is 0 Å². The van der Waals surface area contributed by atoms with Gasteiger partial charge in [-0.05, 0) is 31.9 Å². The van der Waals surface area contributed by atoms with E-state index in [1.165, 1.54) is 0 Å². The van der Waals surface area contributed by atoms with Crippen LogP contribution in [0.4, 0.5) is 0 Å². The summed E-state index contributed by atoms with van der Waals surface area (Å²) in [5, 5.41) is 6.20. The summed E-state index contributed by atoms with van der Waals surface area (Å²) >= 11 is 0. The number of hydrogen-bond acceptors (Lipinski definition) is 3. The summed E-state index contributed by atoms with van der Waals surface area (Å²) in [6, 6.07) is 8.20. The molecule has 0 heterocycles. The van der Waals surface area contributed by atoms with E-state index in [0.717, 1.165) is 17.7 Å². The minimum atomic E-state index is 0.00781. The van der Waals surface area contributed by atoms with Gasteiger partial charge in [0.1, 0.15) is 0 Å². The van der Waals surface area contributed by atoms with Gasteiger partial charge in [0.05, 0.1) is 25.8 Å². The molecule has 1 rings (SSSR count). The molecular weight excluding hydrogens is 304 g/mol. The van der Waals surface area contributed by atoms with E-state index in [2.05, 4.69) is 27.8 Å². The lowest BCUT2D eigenvalue weighted by molar-refractivity contribution is -0.127. The molecule has 2 N–H and O–H groups in total. The molecule has 0 aliphatic carbocycles. The first kappa shape index (κ1) is 20.0. The van der Waals surface area contributed by atoms with E-state index < -0.39 is 0 Å². The highest BCUT2D eigenvalue weighted by Crippen LogP contribution is 2.09. The maximum Gasteiger partial charge on any atom is 0.241 e. The van der Waals surface area contributed by atoms with Crippen molar-refractivity contribution in [1.82, 2.24) is 15.5 Å². The number of ether oxygens (including phenoxy) is 1. The molecule has 0 saturated heterocycles. The molecule has 6 heteroatoms. The van der Waals surface area contributed by atoms with Crippen molar-refractivity contribution in [2.75, 3.05) is 27.2 Å². The third-order valence-corrected chi connectivity index (χ3v) is 3.24. The van der Waals surface area contributed by atoms with Gasteiger partial charge in [0.25, 0.3) is 0 Å². The minimum absolute atomic E-state index is 0.00781. The number of likely N-dealkylation sites (N-methyl/N-ethyl adjacent to an activating group) is 1. The molecular formula is C18H30N4O2. The zero-order chi connectivity index (χ0) is 17.9. The Morgan fingerprint density at radius 1 is 1.25 bits per heavy atom. The van der Waals surface area contributed by atoms with Crippen molar-refractivity contribution in [2.24, 2.45) is 4.99 Å². The summed E-state index contributed by atoms with van der Waals surface area (Å²) in [6.07, 6.45) is 0.213. The van der Waals surface area contributed by atoms with E-state index in [-0.39, 0.29) is 18.6 Å². The fourth-order valence-corrected chi connectivity index (χ4v) is 1.91. The van der Waals surface area contributed by atoms with Crippen LogP contribution in [-0.2, 0) is 22.7 Å². The molecule has 0 fully saturated rings. The number of guanidine groups is 1. The third kappa shape index (κ3) is 7.97. The maximum absolute atomic E-state index is 11.7. The van der Waals surface area contributed by atoms with Crippen molar-refractivity contribution in [3.8, 4) is 0 Å². The van der Waals surface area contributed by atoms with Gasteiger partial charge >= 0.3 is 0 Å². The van der Waals surface area contributed by atoms with Crippen LogP contribution in [0, 0.1) is 0 Å². The molecule has 24 heavy (non-hydrogen) atoms. The Balaban J connectivity index is 2.64. The average Bonchev–Trinajstić information content (AvgIpc) is 2.55. The predicted octanol–water partition coefficient (Wildman–Crippen LogP) is 1.75. The summed E-state index contributed by atoms with van der Waals surface area (Å²) in [5.41, 5.74) is 2.24. The van der Waals surface area contributed by atoms with E-state index in [1.54, 1.807) is 19.0 Å². The summed E-state index contributed by atoms with van der Waals surface area (Å²) in [5.74, 6) is 0.643. The van der Waals surface area contributed by atoms with Gasteiger partial charge in [-0.25, -0.2) is 4.99 Å². The SMILES string of the molecule is CCNC(=NCc1cccc(COC(C)C)c1)NCC(=O)N(C)C. The largest absolute Gasteiger partial charge is 0.374 e. The topological polar surface area (TPSA) is 66.0 Å². The van der Waals surface area contributed by atoms with Gasteiger partial charge in [0.2, 0.25) is 5.91 Å². The molecule has 0 bridgehead atoms. The van der Waals surface area contributed by atoms with Crippen molar-refractivity contribution in [1.29, 1.82) is 0 Å². The third-order valence-electron chi connectivity index (χ3n) is 3.24. The number of benzene rings is 1. The Bertz CT molecular complexity index is 542. The average molecular weight is 334 g/mol. The second-order valence-corrected chi connectivity index (χ2v) is 6.02. The fraction of sp³-hybridized carbons (Fsp3) is 0.556. The van der Waals surface area contributed by atoms with Crippen LogP contribution in [0.1, 0.15) is 31.9 Å². The minimum Gasteiger partial charge on any atom is -0.374 e. The van der Waals surface area contributed by atoms with Crippen molar-refractivity contribution in [2.45, 2.75) is 40.0 Å². The standard InChI is InChI=1S/C18H30N4O2/c1-6-19-18(21-12-17(23)22(4)5)20-11-15-8-7-9-16(10-15)13-24-14(2)3/h7-10,14H,6,11-13H2,1-5H3,(H2,19,20,21). The van der Waals surface area contributed by atoms with Crippen LogP contribution in [0.2, 0.25) is 0 Å². The molecule has 1 amide bonds. The van der Waals surface area contributed by atoms with Crippen molar-refractivity contribution < 1.29 is 9.53 Å². The molecule has 0 aliphatic heterocycles. The number of nitrogens with one attached hydrogen (secondary N) is 2. The van der Waals surface area contributed by atoms with Gasteiger partial charge in [-0.1, -0.05) is 24.3 Å². The number of hydrogen-bond donors (Lipinski definition) is 2. The van der Waals surface area contributed by atoms with Crippen molar-refractivity contribution in [3.63, 3.8) is 0 Å². The number of aliphatic imine (C=N–C) groups is 1. The van der Waals surface area contributed by atoms with Crippen LogP contribution in [0.15, 0.2) is 29.3 Å². The van der Waals surface area contributed by atoms with E-state index in [1.807, 2.05) is 32.9 Å². The Morgan fingerprint density at radius 2 is 1.96 bits per heavy atom. The van der Waals surface area contributed by atoms with Crippen LogP contribution >= 0.6 is 0 Å². The molecule has 0 atom stereocenters. The van der Waals surface area contributed by atoms with E-state index in [9.17, 15) is 4.79 Å². The molecule has 6 nitrogen and oxygen atoms in total. The second kappa shape index (κ2) is 10.6. The highest BCUT2D eigenvalue weighted by molar-refractivity contribution is 5.86. The molecule has 0 saturated carbocycles. The summed E-state index contributed by atoms with van der Waals surface area (Å²) in [7, 11) is 3.47. The lowest BCUT2D eigenvalue weighted by Crippen LogP contribution is -2.42. The first-order valence-electron chi connectivity index (χ1n) is 8.34. The van der Waals surface area contributed by atoms with Gasteiger partial charge in [0.15, 0.2) is 5.96 Å². The quantitative estimate of drug-likeness (QED) is 0.561. The lowest BCUT2D eigenvalue weighted by atomic mass is 10.1. The number of carbonyl (C=O) groups excluding carboxylic acids is 1. The fourth-order valence-electron chi connectivity index (χ4n) is 1.91. The van der Waals surface area contributed by atoms with E-state index >= 15 is 0 Å². The smallest absolute Gasteiger partial charge is 0.241 e. The Labute approximate surface area is 145 Å². The molecule has 0 spiro atoms. The molecule has 0 aliphatic rings. The van der Waals surface area contributed by atoms with Gasteiger partial charge in [-0.15, -0.1) is 0 Å². The van der Waals surface area contributed by atoms with Crippen LogP contribution < -0.4 is 10.6 Å². The van der Waals surface area contributed by atoms with Crippen LogP contribution in [0.5, 0.6) is 0 Å². The first-order chi connectivity index (χ1) is 11.4. The van der Waals surface area contributed by atoms with E-state index in [0.29, 0.717) is 19.1 Å². The summed E-state index contributed by atoms with van der Waals surface area (Å²) in [4.78, 5) is 17.7. The molecule has 1 aromatic carbocycles. The van der Waals surface area contributed by atoms with Gasteiger partial charge in [0, 0.05) is 20.6 Å². The van der Waals surface area contributed by atoms with Gasteiger partial charge in [-0.3, -0.25) is 4.79 Å². The number of rotatable bonds is 8. The first-order valence-corrected chi connectivity index (χ1v) is 8.34. The summed E-state index contributed by atoms with van der Waals surface area (Å²) in [6.45, 7) is 8.15. The Morgan fingerprint density at radius 3 is 2.58 bits per heavy atom. The highest BCUT2D eigenvalue weighted by Gasteiger charge is 2.05. The molecule has 0 radical (unpaired) electrons. The van der Waals surface area contributed by atoms with Crippen molar-refractivity contribution in [3.05, 3.63) is 35.4 Å².